The van der Waals surface area contributed by atoms with Gasteiger partial charge >= 0.3 is 0 Å². The van der Waals surface area contributed by atoms with Crippen molar-refractivity contribution in [2.45, 2.75) is 6.92 Å². The monoisotopic (exact) mass is 171 g/mol. The van der Waals surface area contributed by atoms with Crippen LogP contribution in [0.4, 0.5) is 0 Å². The van der Waals surface area contributed by atoms with E-state index in [0.717, 1.165) is 5.56 Å². The molecule has 0 radical (unpaired) electrons. The maximum Gasteiger partial charge on any atom is 0.285 e. The normalized spacial score (nSPS) is 9.64. The van der Waals surface area contributed by atoms with Gasteiger partial charge in [0.1, 0.15) is 0 Å². The molecule has 3 nitrogen and oxygen atoms in total. The molecule has 0 unspecified atom stereocenters. The number of carbonyl (C=O) groups excluding carboxylic acids is 1. The van der Waals surface area contributed by atoms with Crippen LogP contribution in [0.15, 0.2) is 11.4 Å². The van der Waals surface area contributed by atoms with Crippen LogP contribution < -0.4 is 5.48 Å². The van der Waals surface area contributed by atoms with E-state index in [1.54, 1.807) is 0 Å². The lowest BCUT2D eigenvalue weighted by molar-refractivity contribution is 0.0541. The van der Waals surface area contributed by atoms with Crippen LogP contribution in [-0.4, -0.2) is 13.0 Å². The van der Waals surface area contributed by atoms with Gasteiger partial charge in [-0.3, -0.25) is 9.63 Å². The summed E-state index contributed by atoms with van der Waals surface area (Å²) in [5.41, 5.74) is 3.24. The molecule has 1 rings (SSSR count). The van der Waals surface area contributed by atoms with Gasteiger partial charge in [0.25, 0.3) is 5.91 Å². The first-order valence-electron chi connectivity index (χ1n) is 3.13. The molecule has 4 heteroatoms. The summed E-state index contributed by atoms with van der Waals surface area (Å²) in [7, 11) is 1.42. The first-order valence-corrected chi connectivity index (χ1v) is 4.01. The molecule has 0 aromatic carbocycles. The molecule has 1 heterocycles. The van der Waals surface area contributed by atoms with Gasteiger partial charge < -0.3 is 0 Å². The topological polar surface area (TPSA) is 38.3 Å². The van der Waals surface area contributed by atoms with Crippen molar-refractivity contribution >= 4 is 17.2 Å². The number of amides is 1. The molecule has 1 amide bonds. The lowest BCUT2D eigenvalue weighted by Crippen LogP contribution is -2.21. The molecule has 0 fully saturated rings. The standard InChI is InChI=1S/C7H9NO2S/c1-5-3-4-11-6(5)7(9)8-10-2/h3-4H,1-2H3,(H,8,9). The highest BCUT2D eigenvalue weighted by atomic mass is 32.1. The highest BCUT2D eigenvalue weighted by Crippen LogP contribution is 2.14. The van der Waals surface area contributed by atoms with Gasteiger partial charge in [0.15, 0.2) is 0 Å². The second kappa shape index (κ2) is 3.50. The predicted molar refractivity (Wildman–Crippen MR) is 43.5 cm³/mol. The summed E-state index contributed by atoms with van der Waals surface area (Å²) < 4.78 is 0. The number of rotatable bonds is 2. The molecule has 0 saturated heterocycles. The van der Waals surface area contributed by atoms with Crippen molar-refractivity contribution in [2.24, 2.45) is 0 Å². The molecule has 0 aliphatic carbocycles. The third kappa shape index (κ3) is 1.78. The number of thiophene rings is 1. The number of carbonyl (C=O) groups is 1. The Labute approximate surface area is 68.9 Å². The van der Waals surface area contributed by atoms with Crippen LogP contribution >= 0.6 is 11.3 Å². The van der Waals surface area contributed by atoms with E-state index < -0.39 is 0 Å². The minimum Gasteiger partial charge on any atom is -0.277 e. The third-order valence-electron chi connectivity index (χ3n) is 1.26. The molecule has 0 atom stereocenters. The Kier molecular flexibility index (Phi) is 2.62. The minimum atomic E-state index is -0.181. The van der Waals surface area contributed by atoms with Crippen LogP contribution in [-0.2, 0) is 4.84 Å². The van der Waals surface area contributed by atoms with Gasteiger partial charge in [-0.15, -0.1) is 11.3 Å². The van der Waals surface area contributed by atoms with Gasteiger partial charge in [-0.1, -0.05) is 0 Å². The van der Waals surface area contributed by atoms with Crippen molar-refractivity contribution < 1.29 is 9.63 Å². The van der Waals surface area contributed by atoms with Crippen molar-refractivity contribution in [1.82, 2.24) is 5.48 Å². The molecular formula is C7H9NO2S. The highest BCUT2D eigenvalue weighted by molar-refractivity contribution is 7.12. The number of hydrogen-bond donors (Lipinski definition) is 1. The molecule has 1 aromatic rings. The van der Waals surface area contributed by atoms with Crippen LogP contribution in [0.2, 0.25) is 0 Å². The van der Waals surface area contributed by atoms with Gasteiger partial charge in [-0.25, -0.2) is 5.48 Å². The number of aryl methyl sites for hydroxylation is 1. The van der Waals surface area contributed by atoms with E-state index in [4.69, 9.17) is 0 Å². The molecular weight excluding hydrogens is 162 g/mol. The number of nitrogens with one attached hydrogen (secondary N) is 1. The first kappa shape index (κ1) is 8.23. The maximum atomic E-state index is 11.1. The lowest BCUT2D eigenvalue weighted by Gasteiger charge is -1.98. The second-order valence-corrected chi connectivity index (χ2v) is 2.98. The van der Waals surface area contributed by atoms with Gasteiger partial charge in [0.05, 0.1) is 12.0 Å². The van der Waals surface area contributed by atoms with Crippen LogP contribution in [0.5, 0.6) is 0 Å². The van der Waals surface area contributed by atoms with Crippen LogP contribution in [0, 0.1) is 6.92 Å². The van der Waals surface area contributed by atoms with E-state index in [0.29, 0.717) is 4.88 Å². The van der Waals surface area contributed by atoms with Gasteiger partial charge in [-0.2, -0.15) is 0 Å². The Hall–Kier alpha value is -0.870. The van der Waals surface area contributed by atoms with Crippen LogP contribution in [0.25, 0.3) is 0 Å². The zero-order valence-corrected chi connectivity index (χ0v) is 7.20. The average molecular weight is 171 g/mol. The Bertz CT molecular complexity index is 257. The summed E-state index contributed by atoms with van der Waals surface area (Å²) in [4.78, 5) is 16.3. The molecule has 0 aliphatic rings. The summed E-state index contributed by atoms with van der Waals surface area (Å²) in [5, 5.41) is 1.87. The fourth-order valence-electron chi connectivity index (χ4n) is 0.744. The quantitative estimate of drug-likeness (QED) is 0.682. The Balaban J connectivity index is 2.76. The average Bonchev–Trinajstić information content (AvgIpc) is 2.36. The van der Waals surface area contributed by atoms with Crippen LogP contribution in [0.1, 0.15) is 15.2 Å². The largest absolute Gasteiger partial charge is 0.285 e. The van der Waals surface area contributed by atoms with Gasteiger partial charge in [0, 0.05) is 0 Å². The smallest absolute Gasteiger partial charge is 0.277 e. The third-order valence-corrected chi connectivity index (χ3v) is 2.28. The van der Waals surface area contributed by atoms with Crippen molar-refractivity contribution in [3.63, 3.8) is 0 Å². The van der Waals surface area contributed by atoms with Crippen LogP contribution in [0.3, 0.4) is 0 Å². The van der Waals surface area contributed by atoms with Crippen molar-refractivity contribution in [3.8, 4) is 0 Å². The Morgan fingerprint density at radius 1 is 1.73 bits per heavy atom. The number of hydrogen-bond acceptors (Lipinski definition) is 3. The zero-order valence-electron chi connectivity index (χ0n) is 6.38. The van der Waals surface area contributed by atoms with Crippen molar-refractivity contribution in [1.29, 1.82) is 0 Å². The molecule has 0 spiro atoms. The molecule has 0 bridgehead atoms. The van der Waals surface area contributed by atoms with E-state index in [9.17, 15) is 4.79 Å². The molecule has 60 valence electrons. The summed E-state index contributed by atoms with van der Waals surface area (Å²) >= 11 is 1.41. The Morgan fingerprint density at radius 3 is 2.91 bits per heavy atom. The molecule has 11 heavy (non-hydrogen) atoms. The van der Waals surface area contributed by atoms with E-state index in [2.05, 4.69) is 10.3 Å². The van der Waals surface area contributed by atoms with E-state index >= 15 is 0 Å². The summed E-state index contributed by atoms with van der Waals surface area (Å²) in [6, 6.07) is 1.90. The van der Waals surface area contributed by atoms with Crippen molar-refractivity contribution in [2.75, 3.05) is 7.11 Å². The first-order chi connectivity index (χ1) is 5.25. The number of hydroxylamine groups is 1. The fraction of sp³-hybridized carbons (Fsp3) is 0.286. The van der Waals surface area contributed by atoms with E-state index in [1.807, 2.05) is 18.4 Å². The van der Waals surface area contributed by atoms with E-state index in [1.165, 1.54) is 18.4 Å². The summed E-state index contributed by atoms with van der Waals surface area (Å²) in [6.45, 7) is 1.89. The fourth-order valence-corrected chi connectivity index (χ4v) is 1.56. The molecule has 0 aliphatic heterocycles. The SMILES string of the molecule is CONC(=O)c1sccc1C. The molecule has 0 saturated carbocycles. The Morgan fingerprint density at radius 2 is 2.45 bits per heavy atom. The van der Waals surface area contributed by atoms with Gasteiger partial charge in [0.2, 0.25) is 0 Å². The highest BCUT2D eigenvalue weighted by Gasteiger charge is 2.08. The second-order valence-electron chi connectivity index (χ2n) is 2.07. The minimum absolute atomic E-state index is 0.181. The van der Waals surface area contributed by atoms with Crippen molar-refractivity contribution in [3.05, 3.63) is 21.9 Å². The maximum absolute atomic E-state index is 11.1. The predicted octanol–water partition coefficient (Wildman–Crippen LogP) is 1.35. The molecule has 1 aromatic heterocycles. The zero-order chi connectivity index (χ0) is 8.27. The summed E-state index contributed by atoms with van der Waals surface area (Å²) in [5.74, 6) is -0.181. The molecule has 1 N–H and O–H groups in total. The summed E-state index contributed by atoms with van der Waals surface area (Å²) in [6.07, 6.45) is 0. The van der Waals surface area contributed by atoms with Gasteiger partial charge in [-0.05, 0) is 23.9 Å². The van der Waals surface area contributed by atoms with E-state index in [-0.39, 0.29) is 5.91 Å². The lowest BCUT2D eigenvalue weighted by atomic mass is 10.3.